The monoisotopic (exact) mass is 234 g/mol. The zero-order valence-corrected chi connectivity index (χ0v) is 9.06. The molecule has 0 unspecified atom stereocenters. The smallest absolute Gasteiger partial charge is 0.335 e. The summed E-state index contributed by atoms with van der Waals surface area (Å²) in [5.41, 5.74) is 1.59. The zero-order valence-electron chi connectivity index (χ0n) is 9.06. The first-order chi connectivity index (χ1) is 8.04. The molecule has 1 aliphatic heterocycles. The molecule has 1 heterocycles. The number of carboxylic acid groups (broad SMARTS) is 1. The van der Waals surface area contributed by atoms with Crippen LogP contribution in [0, 0.1) is 10.1 Å². The molecule has 6 heteroatoms. The van der Waals surface area contributed by atoms with Crippen molar-refractivity contribution >= 4 is 22.9 Å². The summed E-state index contributed by atoms with van der Waals surface area (Å²) in [6.45, 7) is 2.29. The van der Waals surface area contributed by atoms with Gasteiger partial charge in [-0.2, -0.15) is 0 Å². The molecule has 2 rings (SSSR count). The fourth-order valence-electron chi connectivity index (χ4n) is 1.87. The summed E-state index contributed by atoms with van der Waals surface area (Å²) in [7, 11) is 0. The van der Waals surface area contributed by atoms with Crippen molar-refractivity contribution in [3.8, 4) is 0 Å². The standard InChI is InChI=1S/C11H10N2O4/c1-2-6-5-12-10-8(6)3-7(11(14)15)4-9(10)13(16)17/h2-4,12H,5H2,1H3,(H,14,15). The first-order valence-corrected chi connectivity index (χ1v) is 4.99. The second kappa shape index (κ2) is 3.89. The van der Waals surface area contributed by atoms with Crippen molar-refractivity contribution in [3.05, 3.63) is 39.4 Å². The number of nitrogens with one attached hydrogen (secondary N) is 1. The van der Waals surface area contributed by atoms with Gasteiger partial charge in [0, 0.05) is 18.2 Å². The Labute approximate surface area is 96.7 Å². The molecule has 0 saturated carbocycles. The summed E-state index contributed by atoms with van der Waals surface area (Å²) in [4.78, 5) is 21.2. The van der Waals surface area contributed by atoms with E-state index in [1.807, 2.05) is 13.0 Å². The van der Waals surface area contributed by atoms with E-state index in [4.69, 9.17) is 5.11 Å². The summed E-state index contributed by atoms with van der Waals surface area (Å²) < 4.78 is 0. The molecule has 0 radical (unpaired) electrons. The number of hydrogen-bond donors (Lipinski definition) is 2. The Hall–Kier alpha value is -2.37. The number of rotatable bonds is 2. The molecule has 2 N–H and O–H groups in total. The maximum Gasteiger partial charge on any atom is 0.335 e. The van der Waals surface area contributed by atoms with Gasteiger partial charge in [-0.15, -0.1) is 0 Å². The lowest BCUT2D eigenvalue weighted by Crippen LogP contribution is -2.01. The van der Waals surface area contributed by atoms with Crippen LogP contribution in [0.2, 0.25) is 0 Å². The van der Waals surface area contributed by atoms with E-state index in [0.717, 1.165) is 11.6 Å². The third kappa shape index (κ3) is 1.73. The second-order valence-corrected chi connectivity index (χ2v) is 3.65. The Morgan fingerprint density at radius 3 is 2.82 bits per heavy atom. The number of carbonyl (C=O) groups is 1. The highest BCUT2D eigenvalue weighted by Crippen LogP contribution is 2.38. The Bertz CT molecular complexity index is 549. The number of anilines is 1. The quantitative estimate of drug-likeness (QED) is 0.604. The van der Waals surface area contributed by atoms with E-state index in [9.17, 15) is 14.9 Å². The predicted molar refractivity (Wildman–Crippen MR) is 62.2 cm³/mol. The predicted octanol–water partition coefficient (Wildman–Crippen LogP) is 2.12. The van der Waals surface area contributed by atoms with E-state index in [-0.39, 0.29) is 11.3 Å². The zero-order chi connectivity index (χ0) is 12.6. The summed E-state index contributed by atoms with van der Waals surface area (Å²) in [5.74, 6) is -1.17. The molecule has 88 valence electrons. The molecule has 0 spiro atoms. The van der Waals surface area contributed by atoms with E-state index in [1.54, 1.807) is 0 Å². The van der Waals surface area contributed by atoms with Gasteiger partial charge in [0.1, 0.15) is 5.69 Å². The van der Waals surface area contributed by atoms with Gasteiger partial charge in [0.25, 0.3) is 5.69 Å². The molecule has 0 amide bonds. The first kappa shape index (κ1) is 11.1. The number of nitro groups is 1. The molecule has 0 aromatic heterocycles. The lowest BCUT2D eigenvalue weighted by atomic mass is 10.0. The fourth-order valence-corrected chi connectivity index (χ4v) is 1.87. The minimum atomic E-state index is -1.17. The molecular weight excluding hydrogens is 224 g/mol. The van der Waals surface area contributed by atoms with Gasteiger partial charge < -0.3 is 10.4 Å². The molecule has 0 atom stereocenters. The van der Waals surface area contributed by atoms with Crippen LogP contribution in [0.25, 0.3) is 5.57 Å². The number of hydrogen-bond acceptors (Lipinski definition) is 4. The van der Waals surface area contributed by atoms with E-state index in [2.05, 4.69) is 5.32 Å². The maximum absolute atomic E-state index is 10.9. The molecule has 6 nitrogen and oxygen atoms in total. The van der Waals surface area contributed by atoms with Crippen molar-refractivity contribution in [2.75, 3.05) is 11.9 Å². The van der Waals surface area contributed by atoms with Gasteiger partial charge in [0.2, 0.25) is 0 Å². The number of fused-ring (bicyclic) bond motifs is 1. The van der Waals surface area contributed by atoms with Crippen LogP contribution >= 0.6 is 0 Å². The summed E-state index contributed by atoms with van der Waals surface area (Å²) in [5, 5.41) is 22.7. The molecular formula is C11H10N2O4. The number of allylic oxidation sites excluding steroid dienone is 1. The minimum absolute atomic E-state index is 0.0708. The highest BCUT2D eigenvalue weighted by atomic mass is 16.6. The van der Waals surface area contributed by atoms with Gasteiger partial charge in [0.15, 0.2) is 0 Å². The van der Waals surface area contributed by atoms with Crippen molar-refractivity contribution in [2.45, 2.75) is 6.92 Å². The minimum Gasteiger partial charge on any atom is -0.478 e. The van der Waals surface area contributed by atoms with Gasteiger partial charge in [0.05, 0.1) is 10.5 Å². The van der Waals surface area contributed by atoms with Crippen molar-refractivity contribution in [1.82, 2.24) is 0 Å². The Kier molecular flexibility index (Phi) is 2.55. The van der Waals surface area contributed by atoms with Crippen LogP contribution in [0.1, 0.15) is 22.8 Å². The van der Waals surface area contributed by atoms with Gasteiger partial charge >= 0.3 is 5.97 Å². The average molecular weight is 234 g/mol. The van der Waals surface area contributed by atoms with Crippen LogP contribution in [0.4, 0.5) is 11.4 Å². The molecule has 17 heavy (non-hydrogen) atoms. The topological polar surface area (TPSA) is 92.5 Å². The molecule has 1 aromatic carbocycles. The van der Waals surface area contributed by atoms with Gasteiger partial charge in [-0.3, -0.25) is 10.1 Å². The van der Waals surface area contributed by atoms with E-state index >= 15 is 0 Å². The molecule has 1 aromatic rings. The summed E-state index contributed by atoms with van der Waals surface area (Å²) >= 11 is 0. The normalized spacial score (nSPS) is 15.5. The number of nitrogens with zero attached hydrogens (tertiary/aromatic N) is 1. The van der Waals surface area contributed by atoms with Crippen LogP contribution in [0.5, 0.6) is 0 Å². The van der Waals surface area contributed by atoms with Crippen molar-refractivity contribution in [1.29, 1.82) is 0 Å². The van der Waals surface area contributed by atoms with E-state index in [0.29, 0.717) is 17.8 Å². The van der Waals surface area contributed by atoms with Crippen LogP contribution in [0.3, 0.4) is 0 Å². The highest BCUT2D eigenvalue weighted by molar-refractivity contribution is 5.96. The SMILES string of the molecule is CC=C1CNc2c1cc(C(=O)O)cc2[N+](=O)[O-]. The second-order valence-electron chi connectivity index (χ2n) is 3.65. The molecule has 1 aliphatic rings. The largest absolute Gasteiger partial charge is 0.478 e. The number of nitro benzene ring substituents is 1. The summed E-state index contributed by atoms with van der Waals surface area (Å²) in [6, 6.07) is 2.53. The molecule has 0 fully saturated rings. The van der Waals surface area contributed by atoms with Crippen LogP contribution in [-0.2, 0) is 0 Å². The Morgan fingerprint density at radius 1 is 1.59 bits per heavy atom. The Morgan fingerprint density at radius 2 is 2.29 bits per heavy atom. The lowest BCUT2D eigenvalue weighted by molar-refractivity contribution is -0.384. The fraction of sp³-hybridized carbons (Fsp3) is 0.182. The van der Waals surface area contributed by atoms with Crippen molar-refractivity contribution < 1.29 is 14.8 Å². The maximum atomic E-state index is 10.9. The Balaban J connectivity index is 2.71. The number of benzene rings is 1. The molecule has 0 aliphatic carbocycles. The van der Waals surface area contributed by atoms with E-state index in [1.165, 1.54) is 6.07 Å². The number of aromatic carboxylic acids is 1. The highest BCUT2D eigenvalue weighted by Gasteiger charge is 2.27. The van der Waals surface area contributed by atoms with Crippen LogP contribution < -0.4 is 5.32 Å². The van der Waals surface area contributed by atoms with Crippen molar-refractivity contribution in [2.24, 2.45) is 0 Å². The van der Waals surface area contributed by atoms with Crippen molar-refractivity contribution in [3.63, 3.8) is 0 Å². The average Bonchev–Trinajstić information content (AvgIpc) is 2.69. The van der Waals surface area contributed by atoms with Crippen LogP contribution in [-0.4, -0.2) is 22.5 Å². The van der Waals surface area contributed by atoms with E-state index < -0.39 is 10.9 Å². The summed E-state index contributed by atoms with van der Waals surface area (Å²) in [6.07, 6.45) is 1.81. The van der Waals surface area contributed by atoms with Crippen LogP contribution in [0.15, 0.2) is 18.2 Å². The van der Waals surface area contributed by atoms with Gasteiger partial charge in [-0.1, -0.05) is 6.08 Å². The first-order valence-electron chi connectivity index (χ1n) is 4.99. The van der Waals surface area contributed by atoms with Gasteiger partial charge in [-0.25, -0.2) is 4.79 Å². The molecule has 0 bridgehead atoms. The van der Waals surface area contributed by atoms with Gasteiger partial charge in [-0.05, 0) is 18.6 Å². The third-order valence-electron chi connectivity index (χ3n) is 2.71. The lowest BCUT2D eigenvalue weighted by Gasteiger charge is -2.03. The molecule has 0 saturated heterocycles. The third-order valence-corrected chi connectivity index (χ3v) is 2.71. The number of carboxylic acids is 1.